The Morgan fingerprint density at radius 2 is 1.84 bits per heavy atom. The minimum Gasteiger partial charge on any atom is -0.464 e. The molecule has 0 radical (unpaired) electrons. The maximum absolute atomic E-state index is 9.84. The lowest BCUT2D eigenvalue weighted by molar-refractivity contribution is -0.225. The van der Waals surface area contributed by atoms with Crippen molar-refractivity contribution in [2.45, 2.75) is 36.8 Å². The molecule has 3 N–H and O–H groups in total. The third-order valence-corrected chi connectivity index (χ3v) is 3.67. The summed E-state index contributed by atoms with van der Waals surface area (Å²) in [7, 11) is 0. The Morgan fingerprint density at radius 3 is 2.42 bits per heavy atom. The average Bonchev–Trinajstić information content (AvgIpc) is 2.42. The molecule has 6 heteroatoms. The lowest BCUT2D eigenvalue weighted by Gasteiger charge is -2.40. The van der Waals surface area contributed by atoms with Crippen molar-refractivity contribution in [2.24, 2.45) is 0 Å². The smallest absolute Gasteiger partial charge is 0.214 e. The van der Waals surface area contributed by atoms with Gasteiger partial charge in [-0.3, -0.25) is 0 Å². The number of rotatable bonds is 3. The van der Waals surface area contributed by atoms with Crippen LogP contribution in [0.1, 0.15) is 5.56 Å². The van der Waals surface area contributed by atoms with Gasteiger partial charge >= 0.3 is 0 Å². The third-order valence-electron chi connectivity index (χ3n) is 3.12. The molecule has 2 rings (SSSR count). The lowest BCUT2D eigenvalue weighted by Crippen LogP contribution is -2.58. The SMILES string of the molecule is Cc1ccc(OC2OC(CO)C(O)C(O)C2S)cc1. The average molecular weight is 286 g/mol. The molecule has 1 heterocycles. The van der Waals surface area contributed by atoms with Crippen LogP contribution in [0.2, 0.25) is 0 Å². The minimum atomic E-state index is -1.18. The van der Waals surface area contributed by atoms with Crippen molar-refractivity contribution < 1.29 is 24.8 Å². The highest BCUT2D eigenvalue weighted by Crippen LogP contribution is 2.27. The van der Waals surface area contributed by atoms with Gasteiger partial charge in [-0.15, -0.1) is 0 Å². The summed E-state index contributed by atoms with van der Waals surface area (Å²) >= 11 is 4.20. The molecule has 0 spiro atoms. The first-order valence-corrected chi connectivity index (χ1v) is 6.58. The standard InChI is InChI=1S/C13H18O5S/c1-7-2-4-8(5-3-7)17-13-12(19)11(16)10(15)9(6-14)18-13/h2-5,9-16,19H,6H2,1H3. The molecule has 0 saturated carbocycles. The van der Waals surface area contributed by atoms with Gasteiger partial charge in [-0.1, -0.05) is 17.7 Å². The van der Waals surface area contributed by atoms with Crippen LogP contribution in [-0.4, -0.2) is 51.8 Å². The van der Waals surface area contributed by atoms with Gasteiger partial charge in [-0.25, -0.2) is 0 Å². The summed E-state index contributed by atoms with van der Waals surface area (Å²) in [5, 5.41) is 27.9. The molecule has 5 nitrogen and oxygen atoms in total. The van der Waals surface area contributed by atoms with Gasteiger partial charge in [0.05, 0.1) is 11.9 Å². The molecule has 1 aromatic carbocycles. The van der Waals surface area contributed by atoms with Gasteiger partial charge in [0.25, 0.3) is 0 Å². The quantitative estimate of drug-likeness (QED) is 0.593. The van der Waals surface area contributed by atoms with Gasteiger partial charge in [0.1, 0.15) is 24.1 Å². The van der Waals surface area contributed by atoms with E-state index in [-0.39, 0.29) is 0 Å². The number of aliphatic hydroxyl groups is 3. The molecule has 1 aliphatic heterocycles. The van der Waals surface area contributed by atoms with E-state index in [9.17, 15) is 10.2 Å². The van der Waals surface area contributed by atoms with E-state index in [2.05, 4.69) is 12.6 Å². The molecule has 1 aliphatic rings. The zero-order valence-corrected chi connectivity index (χ0v) is 11.4. The Morgan fingerprint density at radius 1 is 1.21 bits per heavy atom. The number of hydrogen-bond donors (Lipinski definition) is 4. The van der Waals surface area contributed by atoms with Gasteiger partial charge in [0.15, 0.2) is 0 Å². The molecular formula is C13H18O5S. The molecule has 106 valence electrons. The number of ether oxygens (including phenoxy) is 2. The van der Waals surface area contributed by atoms with Gasteiger partial charge in [-0.2, -0.15) is 12.6 Å². The highest BCUT2D eigenvalue weighted by Gasteiger charge is 2.43. The molecule has 1 fully saturated rings. The number of benzene rings is 1. The Kier molecular flexibility index (Phi) is 4.70. The second kappa shape index (κ2) is 6.11. The zero-order valence-electron chi connectivity index (χ0n) is 10.5. The molecule has 0 amide bonds. The summed E-state index contributed by atoms with van der Waals surface area (Å²) in [6, 6.07) is 7.34. The molecule has 0 aromatic heterocycles. The molecule has 5 unspecified atom stereocenters. The van der Waals surface area contributed by atoms with E-state index >= 15 is 0 Å². The van der Waals surface area contributed by atoms with Crippen LogP contribution in [0.3, 0.4) is 0 Å². The van der Waals surface area contributed by atoms with E-state index in [1.807, 2.05) is 19.1 Å². The Labute approximate surface area is 117 Å². The van der Waals surface area contributed by atoms with E-state index in [1.165, 1.54) is 0 Å². The highest BCUT2D eigenvalue weighted by atomic mass is 32.1. The van der Waals surface area contributed by atoms with Crippen LogP contribution in [0.4, 0.5) is 0 Å². The summed E-state index contributed by atoms with van der Waals surface area (Å²) in [4.78, 5) is 0. The molecule has 0 aliphatic carbocycles. The first kappa shape index (κ1) is 14.6. The van der Waals surface area contributed by atoms with Crippen LogP contribution in [0, 0.1) is 6.92 Å². The summed E-state index contributed by atoms with van der Waals surface area (Å²) < 4.78 is 11.0. The van der Waals surface area contributed by atoms with Crippen LogP contribution in [0.25, 0.3) is 0 Å². The molecular weight excluding hydrogens is 268 g/mol. The summed E-state index contributed by atoms with van der Waals surface area (Å²) in [6.07, 6.45) is -4.01. The van der Waals surface area contributed by atoms with E-state index in [4.69, 9.17) is 14.6 Å². The van der Waals surface area contributed by atoms with Crippen LogP contribution < -0.4 is 4.74 Å². The van der Waals surface area contributed by atoms with Crippen molar-refractivity contribution in [3.8, 4) is 5.75 Å². The van der Waals surface area contributed by atoms with Crippen molar-refractivity contribution in [2.75, 3.05) is 6.61 Å². The molecule has 19 heavy (non-hydrogen) atoms. The summed E-state index contributed by atoms with van der Waals surface area (Å²) in [5.41, 5.74) is 1.10. The van der Waals surface area contributed by atoms with Crippen molar-refractivity contribution >= 4 is 12.6 Å². The Balaban J connectivity index is 2.08. The first-order chi connectivity index (χ1) is 9.02. The molecule has 5 atom stereocenters. The van der Waals surface area contributed by atoms with Crippen LogP contribution in [0.15, 0.2) is 24.3 Å². The highest BCUT2D eigenvalue weighted by molar-refractivity contribution is 7.81. The second-order valence-electron chi connectivity index (χ2n) is 4.63. The Hall–Kier alpha value is -0.790. The zero-order chi connectivity index (χ0) is 14.0. The fourth-order valence-electron chi connectivity index (χ4n) is 1.92. The number of aliphatic hydroxyl groups excluding tert-OH is 3. The second-order valence-corrected chi connectivity index (χ2v) is 5.22. The normalized spacial score (nSPS) is 35.1. The van der Waals surface area contributed by atoms with Gasteiger partial charge in [-0.05, 0) is 19.1 Å². The van der Waals surface area contributed by atoms with Crippen molar-refractivity contribution in [1.29, 1.82) is 0 Å². The van der Waals surface area contributed by atoms with E-state index in [0.29, 0.717) is 5.75 Å². The number of aryl methyl sites for hydroxylation is 1. The van der Waals surface area contributed by atoms with E-state index < -0.39 is 36.5 Å². The molecule has 1 saturated heterocycles. The maximum Gasteiger partial charge on any atom is 0.214 e. The van der Waals surface area contributed by atoms with E-state index in [0.717, 1.165) is 5.56 Å². The van der Waals surface area contributed by atoms with Crippen LogP contribution in [-0.2, 0) is 4.74 Å². The van der Waals surface area contributed by atoms with Crippen molar-refractivity contribution in [1.82, 2.24) is 0 Å². The monoisotopic (exact) mass is 286 g/mol. The van der Waals surface area contributed by atoms with E-state index in [1.54, 1.807) is 12.1 Å². The predicted molar refractivity (Wildman–Crippen MR) is 72.3 cm³/mol. The van der Waals surface area contributed by atoms with Gasteiger partial charge in [0.2, 0.25) is 6.29 Å². The fraction of sp³-hybridized carbons (Fsp3) is 0.538. The lowest BCUT2D eigenvalue weighted by atomic mass is 10.0. The molecule has 1 aromatic rings. The topological polar surface area (TPSA) is 79.2 Å². The van der Waals surface area contributed by atoms with Gasteiger partial charge < -0.3 is 24.8 Å². The number of thiol groups is 1. The minimum absolute atomic E-state index is 0.396. The Bertz CT molecular complexity index is 408. The fourth-order valence-corrected chi connectivity index (χ4v) is 2.22. The largest absolute Gasteiger partial charge is 0.464 e. The van der Waals surface area contributed by atoms with Gasteiger partial charge in [0, 0.05) is 0 Å². The summed E-state index contributed by atoms with van der Waals surface area (Å²) in [5.74, 6) is 0.579. The molecule has 0 bridgehead atoms. The third kappa shape index (κ3) is 3.21. The predicted octanol–water partition coefficient (Wildman–Crippen LogP) is 0.111. The van der Waals surface area contributed by atoms with Crippen LogP contribution >= 0.6 is 12.6 Å². The summed E-state index contributed by atoms with van der Waals surface area (Å²) in [6.45, 7) is 1.57. The number of hydrogen-bond acceptors (Lipinski definition) is 6. The first-order valence-electron chi connectivity index (χ1n) is 6.07. The van der Waals surface area contributed by atoms with Crippen LogP contribution in [0.5, 0.6) is 5.75 Å². The maximum atomic E-state index is 9.84. The van der Waals surface area contributed by atoms with Crippen molar-refractivity contribution in [3.63, 3.8) is 0 Å². The van der Waals surface area contributed by atoms with Crippen molar-refractivity contribution in [3.05, 3.63) is 29.8 Å².